The van der Waals surface area contributed by atoms with E-state index >= 15 is 0 Å². The van der Waals surface area contributed by atoms with Gasteiger partial charge >= 0.3 is 0 Å². The minimum atomic E-state index is 0.547. The van der Waals surface area contributed by atoms with Gasteiger partial charge in [0.25, 0.3) is 6.01 Å². The van der Waals surface area contributed by atoms with Crippen molar-refractivity contribution in [2.75, 3.05) is 7.11 Å². The van der Waals surface area contributed by atoms with E-state index < -0.39 is 0 Å². The van der Waals surface area contributed by atoms with E-state index in [2.05, 4.69) is 15.0 Å². The van der Waals surface area contributed by atoms with Gasteiger partial charge in [-0.15, -0.1) is 0 Å². The van der Waals surface area contributed by atoms with Gasteiger partial charge in [-0.05, 0) is 0 Å². The van der Waals surface area contributed by atoms with Gasteiger partial charge in [0.05, 0.1) is 13.3 Å². The van der Waals surface area contributed by atoms with Crippen LogP contribution in [0, 0.1) is 0 Å². The van der Waals surface area contributed by atoms with Crippen molar-refractivity contribution in [3.8, 4) is 6.01 Å². The molecule has 2 aromatic rings. The Morgan fingerprint density at radius 2 is 2.33 bits per heavy atom. The monoisotopic (exact) mass is 164 g/mol. The van der Waals surface area contributed by atoms with Crippen molar-refractivity contribution in [1.29, 1.82) is 0 Å². The summed E-state index contributed by atoms with van der Waals surface area (Å²) in [6.07, 6.45) is 3.17. The van der Waals surface area contributed by atoms with E-state index in [9.17, 15) is 0 Å². The second-order valence-corrected chi connectivity index (χ2v) is 2.39. The Morgan fingerprint density at radius 1 is 1.50 bits per heavy atom. The van der Waals surface area contributed by atoms with Gasteiger partial charge in [-0.25, -0.2) is 9.97 Å². The first-order chi connectivity index (χ1) is 5.83. The summed E-state index contributed by atoms with van der Waals surface area (Å²) in [7, 11) is 3.44. The lowest BCUT2D eigenvalue weighted by Gasteiger charge is -1.96. The molecule has 0 aliphatic rings. The van der Waals surface area contributed by atoms with Crippen LogP contribution in [0.1, 0.15) is 0 Å². The molecule has 0 aliphatic heterocycles. The normalized spacial score (nSPS) is 10.5. The molecule has 0 aliphatic carbocycles. The highest BCUT2D eigenvalue weighted by atomic mass is 16.5. The van der Waals surface area contributed by atoms with E-state index in [-0.39, 0.29) is 0 Å². The maximum absolute atomic E-state index is 5.01. The van der Waals surface area contributed by atoms with Gasteiger partial charge in [0.2, 0.25) is 0 Å². The Labute approximate surface area is 69.0 Å². The highest BCUT2D eigenvalue weighted by molar-refractivity contribution is 5.70. The van der Waals surface area contributed by atoms with Crippen LogP contribution >= 0.6 is 0 Å². The van der Waals surface area contributed by atoms with Gasteiger partial charge in [-0.1, -0.05) is 0 Å². The zero-order chi connectivity index (χ0) is 8.55. The van der Waals surface area contributed by atoms with Crippen LogP contribution in [-0.2, 0) is 7.05 Å². The summed E-state index contributed by atoms with van der Waals surface area (Å²) in [4.78, 5) is 12.0. The number of hydrogen-bond acceptors (Lipinski definition) is 4. The van der Waals surface area contributed by atoms with Crippen LogP contribution in [0.15, 0.2) is 12.5 Å². The van der Waals surface area contributed by atoms with E-state index in [0.29, 0.717) is 11.7 Å². The molecule has 2 rings (SSSR count). The van der Waals surface area contributed by atoms with Crippen LogP contribution in [0.25, 0.3) is 11.2 Å². The Hall–Kier alpha value is -1.65. The summed E-state index contributed by atoms with van der Waals surface area (Å²) < 4.78 is 6.81. The average molecular weight is 164 g/mol. The molecule has 0 atom stereocenters. The highest BCUT2D eigenvalue weighted by Crippen LogP contribution is 2.15. The largest absolute Gasteiger partial charge is 0.468 e. The fourth-order valence-corrected chi connectivity index (χ4v) is 1.09. The van der Waals surface area contributed by atoms with Gasteiger partial charge in [-0.3, -0.25) is 4.57 Å². The first-order valence-electron chi connectivity index (χ1n) is 3.49. The minimum Gasteiger partial charge on any atom is -0.468 e. The van der Waals surface area contributed by atoms with Gasteiger partial charge in [0.1, 0.15) is 11.8 Å². The van der Waals surface area contributed by atoms with Crippen molar-refractivity contribution in [2.24, 2.45) is 7.05 Å². The lowest BCUT2D eigenvalue weighted by atomic mass is 10.5. The number of methoxy groups -OCH3 is 1. The predicted octanol–water partition coefficient (Wildman–Crippen LogP) is 0.372. The zero-order valence-corrected chi connectivity index (χ0v) is 6.85. The number of fused-ring (bicyclic) bond motifs is 1. The number of aryl methyl sites for hydroxylation is 1. The summed E-state index contributed by atoms with van der Waals surface area (Å²) in [5.74, 6) is 0. The predicted molar refractivity (Wildman–Crippen MR) is 42.9 cm³/mol. The first kappa shape index (κ1) is 7.02. The van der Waals surface area contributed by atoms with Crippen LogP contribution in [0.2, 0.25) is 0 Å². The third kappa shape index (κ3) is 0.827. The standard InChI is InChI=1S/C7H8N4O/c1-11-5-3-8-4-9-6(5)10-7(11)12-2/h3-4H,1-2H3. The molecule has 0 saturated heterocycles. The maximum Gasteiger partial charge on any atom is 0.298 e. The Balaban J connectivity index is 2.78. The molecule has 0 amide bonds. The molecule has 0 spiro atoms. The lowest BCUT2D eigenvalue weighted by Crippen LogP contribution is -1.93. The van der Waals surface area contributed by atoms with E-state index in [1.807, 2.05) is 7.05 Å². The summed E-state index contributed by atoms with van der Waals surface area (Å²) in [5.41, 5.74) is 1.53. The summed E-state index contributed by atoms with van der Waals surface area (Å²) in [6.45, 7) is 0. The second kappa shape index (κ2) is 2.44. The molecule has 0 unspecified atom stereocenters. The number of nitrogens with zero attached hydrogens (tertiary/aromatic N) is 4. The molecule has 0 aromatic carbocycles. The van der Waals surface area contributed by atoms with Crippen LogP contribution in [0.4, 0.5) is 0 Å². The number of rotatable bonds is 1. The SMILES string of the molecule is COc1nc2ncncc2n1C. The van der Waals surface area contributed by atoms with Crippen LogP contribution in [0.5, 0.6) is 6.01 Å². The van der Waals surface area contributed by atoms with Crippen molar-refractivity contribution >= 4 is 11.2 Å². The van der Waals surface area contributed by atoms with Crippen LogP contribution in [-0.4, -0.2) is 26.6 Å². The molecule has 2 heterocycles. The molecule has 62 valence electrons. The summed E-state index contributed by atoms with van der Waals surface area (Å²) >= 11 is 0. The molecule has 0 N–H and O–H groups in total. The average Bonchev–Trinajstić information content (AvgIpc) is 2.44. The molecular formula is C7H8N4O. The quantitative estimate of drug-likeness (QED) is 0.611. The number of aromatic nitrogens is 4. The molecule has 0 bridgehead atoms. The van der Waals surface area contributed by atoms with E-state index in [0.717, 1.165) is 5.52 Å². The number of hydrogen-bond donors (Lipinski definition) is 0. The number of ether oxygens (including phenoxy) is 1. The molecule has 12 heavy (non-hydrogen) atoms. The van der Waals surface area contributed by atoms with Gasteiger partial charge in [-0.2, -0.15) is 4.98 Å². The summed E-state index contributed by atoms with van der Waals surface area (Å²) in [5, 5.41) is 0. The number of imidazole rings is 1. The molecule has 5 heteroatoms. The van der Waals surface area contributed by atoms with Crippen molar-refractivity contribution in [3.05, 3.63) is 12.5 Å². The van der Waals surface area contributed by atoms with Crippen LogP contribution in [0.3, 0.4) is 0 Å². The van der Waals surface area contributed by atoms with Crippen molar-refractivity contribution in [3.63, 3.8) is 0 Å². The fraction of sp³-hybridized carbons (Fsp3) is 0.286. The molecule has 0 radical (unpaired) electrons. The fourth-order valence-electron chi connectivity index (χ4n) is 1.09. The Bertz CT molecular complexity index is 409. The zero-order valence-electron chi connectivity index (χ0n) is 6.85. The smallest absolute Gasteiger partial charge is 0.298 e. The minimum absolute atomic E-state index is 0.547. The topological polar surface area (TPSA) is 52.8 Å². The molecule has 2 aromatic heterocycles. The summed E-state index contributed by atoms with van der Waals surface area (Å²) in [6, 6.07) is 0.547. The van der Waals surface area contributed by atoms with E-state index in [4.69, 9.17) is 4.74 Å². The maximum atomic E-state index is 5.01. The second-order valence-electron chi connectivity index (χ2n) is 2.39. The van der Waals surface area contributed by atoms with Crippen molar-refractivity contribution in [1.82, 2.24) is 19.5 Å². The first-order valence-corrected chi connectivity index (χ1v) is 3.49. The van der Waals surface area contributed by atoms with E-state index in [1.165, 1.54) is 6.33 Å². The van der Waals surface area contributed by atoms with Crippen molar-refractivity contribution < 1.29 is 4.74 Å². The van der Waals surface area contributed by atoms with Gasteiger partial charge in [0.15, 0.2) is 5.65 Å². The lowest BCUT2D eigenvalue weighted by molar-refractivity contribution is 0.368. The van der Waals surface area contributed by atoms with Gasteiger partial charge in [0, 0.05) is 7.05 Å². The van der Waals surface area contributed by atoms with Crippen LogP contribution < -0.4 is 4.74 Å². The van der Waals surface area contributed by atoms with Gasteiger partial charge < -0.3 is 4.74 Å². The molecular weight excluding hydrogens is 156 g/mol. The van der Waals surface area contributed by atoms with E-state index in [1.54, 1.807) is 17.9 Å². The third-order valence-electron chi connectivity index (χ3n) is 1.71. The third-order valence-corrected chi connectivity index (χ3v) is 1.71. The Morgan fingerprint density at radius 3 is 3.00 bits per heavy atom. The molecule has 0 saturated carbocycles. The highest BCUT2D eigenvalue weighted by Gasteiger charge is 2.06. The Kier molecular flexibility index (Phi) is 1.43. The molecule has 0 fully saturated rings. The van der Waals surface area contributed by atoms with Crippen molar-refractivity contribution in [2.45, 2.75) is 0 Å². The molecule has 5 nitrogen and oxygen atoms in total.